The zero-order valence-electron chi connectivity index (χ0n) is 10.9. The Labute approximate surface area is 111 Å². The summed E-state index contributed by atoms with van der Waals surface area (Å²) in [6, 6.07) is 11.0. The van der Waals surface area contributed by atoms with Crippen LogP contribution in [0.25, 0.3) is 0 Å². The van der Waals surface area contributed by atoms with Crippen LogP contribution in [0.1, 0.15) is 18.4 Å². The third-order valence-electron chi connectivity index (χ3n) is 2.55. The molecule has 2 rings (SSSR count). The van der Waals surface area contributed by atoms with Crippen molar-refractivity contribution in [1.82, 2.24) is 10.5 Å². The molecule has 0 fully saturated rings. The highest BCUT2D eigenvalue weighted by Gasteiger charge is 2.14. The number of para-hydroxylation sites is 1. The van der Waals surface area contributed by atoms with Gasteiger partial charge in [0.25, 0.3) is 5.91 Å². The zero-order chi connectivity index (χ0) is 13.7. The van der Waals surface area contributed by atoms with Crippen LogP contribution in [0, 0.1) is 6.92 Å². The highest BCUT2D eigenvalue weighted by molar-refractivity contribution is 5.80. The van der Waals surface area contributed by atoms with Gasteiger partial charge in [-0.1, -0.05) is 23.4 Å². The number of benzene rings is 1. The number of hydrogen-bond acceptors (Lipinski definition) is 4. The van der Waals surface area contributed by atoms with Crippen molar-refractivity contribution < 1.29 is 14.1 Å². The summed E-state index contributed by atoms with van der Waals surface area (Å²) in [6.45, 7) is 3.84. The molecule has 0 aliphatic rings. The van der Waals surface area contributed by atoms with E-state index in [-0.39, 0.29) is 5.91 Å². The fourth-order valence-corrected chi connectivity index (χ4v) is 1.58. The molecule has 1 aromatic heterocycles. The number of rotatable bonds is 5. The topological polar surface area (TPSA) is 64.4 Å². The van der Waals surface area contributed by atoms with Gasteiger partial charge in [0.15, 0.2) is 6.10 Å². The van der Waals surface area contributed by atoms with Crippen LogP contribution < -0.4 is 10.1 Å². The molecule has 0 saturated carbocycles. The average Bonchev–Trinajstić information content (AvgIpc) is 2.83. The van der Waals surface area contributed by atoms with Crippen molar-refractivity contribution in [2.45, 2.75) is 26.5 Å². The number of hydrogen-bond donors (Lipinski definition) is 1. The Bertz CT molecular complexity index is 537. The summed E-state index contributed by atoms with van der Waals surface area (Å²) in [5.41, 5.74) is 0.692. The molecule has 1 amide bonds. The molecule has 19 heavy (non-hydrogen) atoms. The number of carbonyl (C=O) groups excluding carboxylic acids is 1. The largest absolute Gasteiger partial charge is 0.481 e. The Hall–Kier alpha value is -2.30. The molecule has 1 N–H and O–H groups in total. The highest BCUT2D eigenvalue weighted by Crippen LogP contribution is 2.10. The maximum atomic E-state index is 11.8. The predicted molar refractivity (Wildman–Crippen MR) is 69.6 cm³/mol. The first-order valence-electron chi connectivity index (χ1n) is 6.07. The molecule has 100 valence electrons. The minimum Gasteiger partial charge on any atom is -0.481 e. The SMILES string of the molecule is Cc1cc(CNC(=O)C(C)Oc2ccccc2)no1. The number of nitrogens with zero attached hydrogens (tertiary/aromatic N) is 1. The lowest BCUT2D eigenvalue weighted by Crippen LogP contribution is -2.35. The van der Waals surface area contributed by atoms with E-state index in [4.69, 9.17) is 9.26 Å². The summed E-state index contributed by atoms with van der Waals surface area (Å²) in [5, 5.41) is 6.55. The standard InChI is InChI=1S/C14H16N2O3/c1-10-8-12(16-19-10)9-15-14(17)11(2)18-13-6-4-3-5-7-13/h3-8,11H,9H2,1-2H3,(H,15,17). The van der Waals surface area contributed by atoms with Gasteiger partial charge < -0.3 is 14.6 Å². The van der Waals surface area contributed by atoms with E-state index in [1.165, 1.54) is 0 Å². The fraction of sp³-hybridized carbons (Fsp3) is 0.286. The van der Waals surface area contributed by atoms with Crippen LogP contribution in [0.3, 0.4) is 0 Å². The molecule has 0 spiro atoms. The number of aromatic nitrogens is 1. The Kier molecular flexibility index (Phi) is 4.18. The van der Waals surface area contributed by atoms with Crippen LogP contribution in [0.2, 0.25) is 0 Å². The van der Waals surface area contributed by atoms with Crippen molar-refractivity contribution in [3.8, 4) is 5.75 Å². The van der Waals surface area contributed by atoms with E-state index in [1.807, 2.05) is 30.3 Å². The second kappa shape index (κ2) is 6.04. The number of ether oxygens (including phenoxy) is 1. The summed E-state index contributed by atoms with van der Waals surface area (Å²) < 4.78 is 10.4. The molecule has 1 unspecified atom stereocenters. The second-order valence-electron chi connectivity index (χ2n) is 4.22. The number of carbonyl (C=O) groups is 1. The Morgan fingerprint density at radius 2 is 2.16 bits per heavy atom. The van der Waals surface area contributed by atoms with Gasteiger partial charge in [0.2, 0.25) is 0 Å². The van der Waals surface area contributed by atoms with Gasteiger partial charge in [0, 0.05) is 6.07 Å². The van der Waals surface area contributed by atoms with E-state index in [1.54, 1.807) is 19.9 Å². The molecule has 0 saturated heterocycles. The molecule has 0 aliphatic heterocycles. The van der Waals surface area contributed by atoms with Crippen molar-refractivity contribution in [2.75, 3.05) is 0 Å². The Balaban J connectivity index is 1.82. The van der Waals surface area contributed by atoms with Gasteiger partial charge in [-0.05, 0) is 26.0 Å². The fourth-order valence-electron chi connectivity index (χ4n) is 1.58. The van der Waals surface area contributed by atoms with Crippen molar-refractivity contribution >= 4 is 5.91 Å². The molecule has 0 aliphatic carbocycles. The van der Waals surface area contributed by atoms with Gasteiger partial charge >= 0.3 is 0 Å². The lowest BCUT2D eigenvalue weighted by molar-refractivity contribution is -0.127. The summed E-state index contributed by atoms with van der Waals surface area (Å²) in [4.78, 5) is 11.8. The minimum atomic E-state index is -0.560. The van der Waals surface area contributed by atoms with Crippen LogP contribution in [0.4, 0.5) is 0 Å². The molecule has 1 aromatic carbocycles. The molecule has 1 atom stereocenters. The summed E-state index contributed by atoms with van der Waals surface area (Å²) in [7, 11) is 0. The normalized spacial score (nSPS) is 11.9. The van der Waals surface area contributed by atoms with Crippen molar-refractivity contribution in [2.24, 2.45) is 0 Å². The van der Waals surface area contributed by atoms with Gasteiger partial charge in [-0.2, -0.15) is 0 Å². The number of amides is 1. The first-order chi connectivity index (χ1) is 9.15. The van der Waals surface area contributed by atoms with Gasteiger partial charge in [-0.15, -0.1) is 0 Å². The number of nitrogens with one attached hydrogen (secondary N) is 1. The minimum absolute atomic E-state index is 0.190. The maximum absolute atomic E-state index is 11.8. The zero-order valence-corrected chi connectivity index (χ0v) is 10.9. The lowest BCUT2D eigenvalue weighted by atomic mass is 10.3. The van der Waals surface area contributed by atoms with Gasteiger partial charge in [0.05, 0.1) is 6.54 Å². The molecule has 5 nitrogen and oxygen atoms in total. The predicted octanol–water partition coefficient (Wildman–Crippen LogP) is 2.07. The van der Waals surface area contributed by atoms with E-state index in [0.29, 0.717) is 18.0 Å². The summed E-state index contributed by atoms with van der Waals surface area (Å²) in [5.74, 6) is 1.20. The van der Waals surface area contributed by atoms with Crippen LogP contribution >= 0.6 is 0 Å². The van der Waals surface area contributed by atoms with Crippen LogP contribution in [-0.2, 0) is 11.3 Å². The van der Waals surface area contributed by atoms with Crippen molar-refractivity contribution in [3.63, 3.8) is 0 Å². The van der Waals surface area contributed by atoms with Crippen molar-refractivity contribution in [3.05, 3.63) is 47.9 Å². The first kappa shape index (κ1) is 13.1. The lowest BCUT2D eigenvalue weighted by Gasteiger charge is -2.13. The average molecular weight is 260 g/mol. The van der Waals surface area contributed by atoms with E-state index < -0.39 is 6.10 Å². The summed E-state index contributed by atoms with van der Waals surface area (Å²) in [6.07, 6.45) is -0.560. The van der Waals surface area contributed by atoms with Gasteiger partial charge in [0.1, 0.15) is 17.2 Å². The molecular formula is C14H16N2O3. The molecule has 0 bridgehead atoms. The van der Waals surface area contributed by atoms with Gasteiger partial charge in [-0.3, -0.25) is 4.79 Å². The number of aryl methyl sites for hydroxylation is 1. The molecule has 5 heteroatoms. The Morgan fingerprint density at radius 1 is 1.42 bits per heavy atom. The van der Waals surface area contributed by atoms with Gasteiger partial charge in [-0.25, -0.2) is 0 Å². The first-order valence-corrected chi connectivity index (χ1v) is 6.07. The maximum Gasteiger partial charge on any atom is 0.261 e. The van der Waals surface area contributed by atoms with Crippen LogP contribution in [0.15, 0.2) is 40.9 Å². The van der Waals surface area contributed by atoms with Crippen molar-refractivity contribution in [1.29, 1.82) is 0 Å². The third kappa shape index (κ3) is 3.84. The molecular weight excluding hydrogens is 244 g/mol. The van der Waals surface area contributed by atoms with E-state index in [9.17, 15) is 4.79 Å². The molecule has 2 aromatic rings. The Morgan fingerprint density at radius 3 is 2.79 bits per heavy atom. The van der Waals surface area contributed by atoms with Crippen LogP contribution in [-0.4, -0.2) is 17.2 Å². The molecule has 0 radical (unpaired) electrons. The monoisotopic (exact) mass is 260 g/mol. The van der Waals surface area contributed by atoms with E-state index >= 15 is 0 Å². The third-order valence-corrected chi connectivity index (χ3v) is 2.55. The van der Waals surface area contributed by atoms with E-state index in [2.05, 4.69) is 10.5 Å². The molecule has 1 heterocycles. The highest BCUT2D eigenvalue weighted by atomic mass is 16.5. The van der Waals surface area contributed by atoms with Crippen LogP contribution in [0.5, 0.6) is 5.75 Å². The smallest absolute Gasteiger partial charge is 0.261 e. The van der Waals surface area contributed by atoms with E-state index in [0.717, 1.165) is 5.76 Å². The second-order valence-corrected chi connectivity index (χ2v) is 4.22. The quantitative estimate of drug-likeness (QED) is 0.893. The summed E-state index contributed by atoms with van der Waals surface area (Å²) >= 11 is 0.